The smallest absolute Gasteiger partial charge is 0.261 e. The van der Waals surface area contributed by atoms with Crippen LogP contribution in [0.1, 0.15) is 18.9 Å². The van der Waals surface area contributed by atoms with Crippen molar-refractivity contribution in [3.8, 4) is 5.75 Å². The minimum absolute atomic E-state index is 0.137. The summed E-state index contributed by atoms with van der Waals surface area (Å²) >= 11 is 1.88. The Hall–Kier alpha value is -0.390. The molecule has 0 aliphatic carbocycles. The largest absolute Gasteiger partial charge is 0.494 e. The molecule has 0 unspecified atom stereocenters. The molecule has 0 atom stereocenters. The van der Waals surface area contributed by atoms with Crippen LogP contribution in [0, 0.1) is 6.92 Å². The van der Waals surface area contributed by atoms with Gasteiger partial charge in [-0.2, -0.15) is 11.8 Å². The molecule has 0 spiro atoms. The van der Waals surface area contributed by atoms with Crippen LogP contribution in [0.15, 0.2) is 23.1 Å². The fraction of sp³-hybridized carbons (Fsp3) is 0.500. The average Bonchev–Trinajstić information content (AvgIpc) is 2.27. The zero-order valence-electron chi connectivity index (χ0n) is 10.5. The van der Waals surface area contributed by atoms with E-state index in [1.165, 1.54) is 6.07 Å². The molecule has 0 aliphatic heterocycles. The van der Waals surface area contributed by atoms with Crippen LogP contribution in [-0.4, -0.2) is 26.5 Å². The second kappa shape index (κ2) is 7.26. The van der Waals surface area contributed by atoms with Crippen molar-refractivity contribution in [2.24, 2.45) is 0 Å². The number of aryl methyl sites for hydroxylation is 1. The highest BCUT2D eigenvalue weighted by molar-refractivity contribution is 8.13. The Morgan fingerprint density at radius 2 is 2.11 bits per heavy atom. The molecule has 6 heteroatoms. The molecule has 0 aromatic heterocycles. The number of thioether (sulfide) groups is 1. The van der Waals surface area contributed by atoms with Crippen molar-refractivity contribution in [1.29, 1.82) is 0 Å². The normalized spacial score (nSPS) is 11.5. The van der Waals surface area contributed by atoms with Gasteiger partial charge in [-0.25, -0.2) is 8.42 Å². The van der Waals surface area contributed by atoms with Gasteiger partial charge in [-0.1, -0.05) is 6.92 Å². The second-order valence-electron chi connectivity index (χ2n) is 3.76. The lowest BCUT2D eigenvalue weighted by atomic mass is 10.2. The third kappa shape index (κ3) is 5.08. The van der Waals surface area contributed by atoms with Gasteiger partial charge in [0.1, 0.15) is 5.75 Å². The van der Waals surface area contributed by atoms with Gasteiger partial charge in [0, 0.05) is 10.7 Å². The molecular weight excluding hydrogens is 292 g/mol. The first-order valence-electron chi connectivity index (χ1n) is 5.71. The Balaban J connectivity index is 2.57. The molecule has 0 heterocycles. The van der Waals surface area contributed by atoms with Crippen LogP contribution in [0.25, 0.3) is 0 Å². The molecular formula is C12H17ClO3S2. The van der Waals surface area contributed by atoms with Gasteiger partial charge in [0.2, 0.25) is 0 Å². The molecule has 0 N–H and O–H groups in total. The maximum absolute atomic E-state index is 11.2. The lowest BCUT2D eigenvalue weighted by Crippen LogP contribution is -2.00. The van der Waals surface area contributed by atoms with E-state index in [1.807, 2.05) is 11.8 Å². The fourth-order valence-electron chi connectivity index (χ4n) is 1.48. The first-order valence-corrected chi connectivity index (χ1v) is 9.17. The molecule has 102 valence electrons. The van der Waals surface area contributed by atoms with E-state index in [4.69, 9.17) is 15.4 Å². The van der Waals surface area contributed by atoms with Crippen molar-refractivity contribution < 1.29 is 13.2 Å². The van der Waals surface area contributed by atoms with Crippen LogP contribution in [-0.2, 0) is 9.05 Å². The molecule has 0 saturated carbocycles. The van der Waals surface area contributed by atoms with Crippen LogP contribution in [0.5, 0.6) is 5.75 Å². The van der Waals surface area contributed by atoms with Crippen LogP contribution in [0.3, 0.4) is 0 Å². The number of rotatable bonds is 7. The highest BCUT2D eigenvalue weighted by Crippen LogP contribution is 2.24. The summed E-state index contributed by atoms with van der Waals surface area (Å²) in [6, 6.07) is 4.81. The summed E-state index contributed by atoms with van der Waals surface area (Å²) in [4.78, 5) is 0.137. The SMILES string of the molecule is CCSCCCOc1ccc(S(=O)(=O)Cl)c(C)c1. The Bertz CT molecular complexity index is 486. The topological polar surface area (TPSA) is 43.4 Å². The number of hydrogen-bond acceptors (Lipinski definition) is 4. The predicted molar refractivity (Wildman–Crippen MR) is 77.3 cm³/mol. The lowest BCUT2D eigenvalue weighted by Gasteiger charge is -2.08. The number of halogens is 1. The molecule has 0 aliphatic rings. The molecule has 18 heavy (non-hydrogen) atoms. The van der Waals surface area contributed by atoms with Crippen molar-refractivity contribution in [3.05, 3.63) is 23.8 Å². The monoisotopic (exact) mass is 308 g/mol. The van der Waals surface area contributed by atoms with E-state index in [9.17, 15) is 8.42 Å². The Morgan fingerprint density at radius 1 is 1.39 bits per heavy atom. The molecule has 1 rings (SSSR count). The molecule has 0 amide bonds. The third-order valence-corrected chi connectivity index (χ3v) is 4.78. The number of benzene rings is 1. The van der Waals surface area contributed by atoms with Crippen LogP contribution >= 0.6 is 22.4 Å². The van der Waals surface area contributed by atoms with Gasteiger partial charge >= 0.3 is 0 Å². The first-order chi connectivity index (χ1) is 8.45. The van der Waals surface area contributed by atoms with Crippen LogP contribution < -0.4 is 4.74 Å². The molecule has 1 aromatic carbocycles. The first kappa shape index (κ1) is 15.7. The Morgan fingerprint density at radius 3 is 2.67 bits per heavy atom. The maximum Gasteiger partial charge on any atom is 0.261 e. The van der Waals surface area contributed by atoms with Gasteiger partial charge in [0.25, 0.3) is 9.05 Å². The molecule has 3 nitrogen and oxygen atoms in total. The minimum Gasteiger partial charge on any atom is -0.494 e. The summed E-state index contributed by atoms with van der Waals surface area (Å²) in [5.41, 5.74) is 0.602. The van der Waals surface area contributed by atoms with Crippen LogP contribution in [0.2, 0.25) is 0 Å². The average molecular weight is 309 g/mol. The fourth-order valence-corrected chi connectivity index (χ4v) is 3.28. The van der Waals surface area contributed by atoms with Gasteiger partial charge in [0.05, 0.1) is 11.5 Å². The van der Waals surface area contributed by atoms with Crippen molar-refractivity contribution >= 4 is 31.5 Å². The minimum atomic E-state index is -3.67. The van der Waals surface area contributed by atoms with Crippen molar-refractivity contribution in [2.75, 3.05) is 18.1 Å². The standard InChI is InChI=1S/C12H17ClO3S2/c1-3-17-8-4-7-16-11-5-6-12(10(2)9-11)18(13,14)15/h5-6,9H,3-4,7-8H2,1-2H3. The van der Waals surface area contributed by atoms with E-state index in [2.05, 4.69) is 6.92 Å². The van der Waals surface area contributed by atoms with E-state index < -0.39 is 9.05 Å². The summed E-state index contributed by atoms with van der Waals surface area (Å²) in [7, 11) is 1.64. The third-order valence-electron chi connectivity index (χ3n) is 2.31. The summed E-state index contributed by atoms with van der Waals surface area (Å²) in [6.45, 7) is 4.47. The van der Waals surface area contributed by atoms with Gasteiger partial charge in [-0.05, 0) is 48.6 Å². The zero-order chi connectivity index (χ0) is 13.6. The van der Waals surface area contributed by atoms with Gasteiger partial charge < -0.3 is 4.74 Å². The van der Waals surface area contributed by atoms with Gasteiger partial charge in [0.15, 0.2) is 0 Å². The maximum atomic E-state index is 11.2. The Labute approximate surface area is 117 Å². The molecule has 0 radical (unpaired) electrons. The van der Waals surface area contributed by atoms with E-state index in [-0.39, 0.29) is 4.90 Å². The molecule has 0 bridgehead atoms. The second-order valence-corrected chi connectivity index (χ2v) is 7.69. The summed E-state index contributed by atoms with van der Waals surface area (Å²) < 4.78 is 28.0. The van der Waals surface area contributed by atoms with Gasteiger partial charge in [-0.15, -0.1) is 0 Å². The highest BCUT2D eigenvalue weighted by Gasteiger charge is 2.13. The summed E-state index contributed by atoms with van der Waals surface area (Å²) in [5.74, 6) is 2.86. The van der Waals surface area contributed by atoms with Crippen molar-refractivity contribution in [2.45, 2.75) is 25.2 Å². The van der Waals surface area contributed by atoms with E-state index in [1.54, 1.807) is 19.1 Å². The predicted octanol–water partition coefficient (Wildman–Crippen LogP) is 3.44. The van der Waals surface area contributed by atoms with Crippen LogP contribution in [0.4, 0.5) is 0 Å². The van der Waals surface area contributed by atoms with E-state index >= 15 is 0 Å². The quantitative estimate of drug-likeness (QED) is 0.571. The molecule has 1 aromatic rings. The summed E-state index contributed by atoms with van der Waals surface area (Å²) in [5, 5.41) is 0. The molecule has 0 fully saturated rings. The lowest BCUT2D eigenvalue weighted by molar-refractivity contribution is 0.318. The zero-order valence-corrected chi connectivity index (χ0v) is 12.9. The van der Waals surface area contributed by atoms with Crippen molar-refractivity contribution in [3.63, 3.8) is 0 Å². The Kier molecular flexibility index (Phi) is 6.32. The van der Waals surface area contributed by atoms with Crippen molar-refractivity contribution in [1.82, 2.24) is 0 Å². The summed E-state index contributed by atoms with van der Waals surface area (Å²) in [6.07, 6.45) is 0.979. The molecule has 0 saturated heterocycles. The van der Waals surface area contributed by atoms with E-state index in [0.717, 1.165) is 17.9 Å². The van der Waals surface area contributed by atoms with E-state index in [0.29, 0.717) is 17.9 Å². The van der Waals surface area contributed by atoms with Gasteiger partial charge in [-0.3, -0.25) is 0 Å². The highest BCUT2D eigenvalue weighted by atomic mass is 35.7. The number of hydrogen-bond donors (Lipinski definition) is 0. The number of ether oxygens (including phenoxy) is 1.